The molecule has 0 heterocycles. The highest BCUT2D eigenvalue weighted by Gasteiger charge is 2.14. The van der Waals surface area contributed by atoms with Gasteiger partial charge in [-0.25, -0.2) is 0 Å². The summed E-state index contributed by atoms with van der Waals surface area (Å²) in [6.45, 7) is 10.8. The van der Waals surface area contributed by atoms with Crippen molar-refractivity contribution in [3.05, 3.63) is 23.8 Å². The van der Waals surface area contributed by atoms with Gasteiger partial charge in [-0.1, -0.05) is 46.8 Å². The molecule has 0 aliphatic carbocycles. The van der Waals surface area contributed by atoms with Crippen molar-refractivity contribution in [1.82, 2.24) is 0 Å². The summed E-state index contributed by atoms with van der Waals surface area (Å²) >= 11 is 1.74. The Labute approximate surface area is 103 Å². The van der Waals surface area contributed by atoms with Crippen LogP contribution in [0.3, 0.4) is 0 Å². The van der Waals surface area contributed by atoms with E-state index in [2.05, 4.69) is 34.6 Å². The minimum atomic E-state index is 0.283. The number of thioether (sulfide) groups is 1. The lowest BCUT2D eigenvalue weighted by Crippen LogP contribution is -2.08. The van der Waals surface area contributed by atoms with Crippen molar-refractivity contribution < 1.29 is 5.11 Å². The summed E-state index contributed by atoms with van der Waals surface area (Å²) in [5.74, 6) is 1.85. The van der Waals surface area contributed by atoms with Gasteiger partial charge in [0.05, 0.1) is 0 Å². The van der Waals surface area contributed by atoms with E-state index >= 15 is 0 Å². The SMILES string of the molecule is CC(C)c1cccc(SCC(C)(C)C)c1O. The van der Waals surface area contributed by atoms with Gasteiger partial charge in [0.15, 0.2) is 0 Å². The Morgan fingerprint density at radius 2 is 1.88 bits per heavy atom. The Balaban J connectivity index is 2.85. The summed E-state index contributed by atoms with van der Waals surface area (Å²) in [5.41, 5.74) is 1.32. The maximum atomic E-state index is 10.1. The van der Waals surface area contributed by atoms with Gasteiger partial charge in [0.25, 0.3) is 0 Å². The Kier molecular flexibility index (Phi) is 4.31. The van der Waals surface area contributed by atoms with Crippen molar-refractivity contribution in [2.45, 2.75) is 45.4 Å². The molecule has 0 unspecified atom stereocenters. The lowest BCUT2D eigenvalue weighted by molar-refractivity contribution is 0.450. The normalized spacial score (nSPS) is 12.1. The molecular weight excluding hydrogens is 216 g/mol. The summed E-state index contributed by atoms with van der Waals surface area (Å²) in [6, 6.07) is 6.03. The average Bonchev–Trinajstić information content (AvgIpc) is 2.14. The fourth-order valence-corrected chi connectivity index (χ4v) is 2.43. The number of aromatic hydroxyl groups is 1. The molecule has 2 heteroatoms. The van der Waals surface area contributed by atoms with Crippen LogP contribution in [0.4, 0.5) is 0 Å². The van der Waals surface area contributed by atoms with Gasteiger partial charge in [-0.05, 0) is 23.0 Å². The summed E-state index contributed by atoms with van der Waals surface area (Å²) in [6.07, 6.45) is 0. The lowest BCUT2D eigenvalue weighted by atomic mass is 10.0. The van der Waals surface area contributed by atoms with E-state index in [1.54, 1.807) is 11.8 Å². The second-order valence-electron chi connectivity index (χ2n) is 5.70. The van der Waals surface area contributed by atoms with Crippen molar-refractivity contribution in [3.63, 3.8) is 0 Å². The highest BCUT2D eigenvalue weighted by Crippen LogP contribution is 2.37. The van der Waals surface area contributed by atoms with Gasteiger partial charge in [-0.2, -0.15) is 0 Å². The molecule has 0 saturated heterocycles. The fourth-order valence-electron chi connectivity index (χ4n) is 1.42. The number of rotatable bonds is 3. The number of para-hydroxylation sites is 1. The van der Waals surface area contributed by atoms with Gasteiger partial charge >= 0.3 is 0 Å². The minimum absolute atomic E-state index is 0.283. The van der Waals surface area contributed by atoms with E-state index in [9.17, 15) is 5.11 Å². The summed E-state index contributed by atoms with van der Waals surface area (Å²) in [4.78, 5) is 1.00. The largest absolute Gasteiger partial charge is 0.506 e. The smallest absolute Gasteiger partial charge is 0.132 e. The van der Waals surface area contributed by atoms with Gasteiger partial charge < -0.3 is 5.11 Å². The second kappa shape index (κ2) is 5.13. The first-order valence-corrected chi connectivity index (χ1v) is 6.74. The highest BCUT2D eigenvalue weighted by molar-refractivity contribution is 7.99. The number of phenolic OH excluding ortho intramolecular Hbond substituents is 1. The van der Waals surface area contributed by atoms with Crippen LogP contribution in [0.2, 0.25) is 0 Å². The van der Waals surface area contributed by atoms with Crippen molar-refractivity contribution in [3.8, 4) is 5.75 Å². The third kappa shape index (κ3) is 3.75. The van der Waals surface area contributed by atoms with Crippen molar-refractivity contribution in [2.24, 2.45) is 5.41 Å². The van der Waals surface area contributed by atoms with Crippen LogP contribution in [0, 0.1) is 5.41 Å². The molecule has 0 saturated carbocycles. The summed E-state index contributed by atoms with van der Waals surface area (Å²) in [7, 11) is 0. The zero-order valence-corrected chi connectivity index (χ0v) is 11.7. The van der Waals surface area contributed by atoms with Crippen LogP contribution >= 0.6 is 11.8 Å². The number of phenols is 1. The number of hydrogen-bond acceptors (Lipinski definition) is 2. The van der Waals surface area contributed by atoms with E-state index in [4.69, 9.17) is 0 Å². The van der Waals surface area contributed by atoms with Crippen LogP contribution in [0.5, 0.6) is 5.75 Å². The van der Waals surface area contributed by atoms with Crippen molar-refractivity contribution in [2.75, 3.05) is 5.75 Å². The van der Waals surface area contributed by atoms with Crippen LogP contribution in [-0.4, -0.2) is 10.9 Å². The molecule has 0 bridgehead atoms. The average molecular weight is 238 g/mol. The zero-order valence-electron chi connectivity index (χ0n) is 10.9. The molecule has 0 aliphatic rings. The van der Waals surface area contributed by atoms with E-state index in [1.807, 2.05) is 18.2 Å². The number of hydrogen-bond donors (Lipinski definition) is 1. The molecule has 0 atom stereocenters. The first-order valence-electron chi connectivity index (χ1n) is 5.76. The summed E-state index contributed by atoms with van der Waals surface area (Å²) in [5, 5.41) is 10.1. The second-order valence-corrected chi connectivity index (χ2v) is 6.72. The lowest BCUT2D eigenvalue weighted by Gasteiger charge is -2.18. The van der Waals surface area contributed by atoms with Gasteiger partial charge in [0.2, 0.25) is 0 Å². The standard InChI is InChI=1S/C14H22OS/c1-10(2)11-7-6-8-12(13(11)15)16-9-14(3,4)5/h6-8,10,15H,9H2,1-5H3. The molecular formula is C14H22OS. The van der Waals surface area contributed by atoms with Crippen LogP contribution in [0.1, 0.15) is 46.1 Å². The maximum absolute atomic E-state index is 10.1. The molecule has 1 aromatic rings. The van der Waals surface area contributed by atoms with Crippen LogP contribution in [0.25, 0.3) is 0 Å². The molecule has 0 spiro atoms. The predicted octanol–water partition coefficient (Wildman–Crippen LogP) is 4.65. The van der Waals surface area contributed by atoms with E-state index < -0.39 is 0 Å². The third-order valence-corrected chi connectivity index (χ3v) is 3.96. The van der Waals surface area contributed by atoms with Gasteiger partial charge in [0, 0.05) is 10.6 Å². The van der Waals surface area contributed by atoms with Crippen LogP contribution < -0.4 is 0 Å². The fraction of sp³-hybridized carbons (Fsp3) is 0.571. The first-order chi connectivity index (χ1) is 7.31. The van der Waals surface area contributed by atoms with Crippen LogP contribution in [-0.2, 0) is 0 Å². The van der Waals surface area contributed by atoms with Gasteiger partial charge in [-0.3, -0.25) is 0 Å². The van der Waals surface area contributed by atoms with Gasteiger partial charge in [0.1, 0.15) is 5.75 Å². The van der Waals surface area contributed by atoms with E-state index in [-0.39, 0.29) is 5.41 Å². The third-order valence-electron chi connectivity index (χ3n) is 2.31. The molecule has 1 nitrogen and oxygen atoms in total. The Morgan fingerprint density at radius 1 is 1.25 bits per heavy atom. The molecule has 1 N–H and O–H groups in total. The Morgan fingerprint density at radius 3 is 2.38 bits per heavy atom. The minimum Gasteiger partial charge on any atom is -0.506 e. The van der Waals surface area contributed by atoms with E-state index in [0.29, 0.717) is 11.7 Å². The summed E-state index contributed by atoms with van der Waals surface area (Å²) < 4.78 is 0. The van der Waals surface area contributed by atoms with Crippen LogP contribution in [0.15, 0.2) is 23.1 Å². The topological polar surface area (TPSA) is 20.2 Å². The Bertz CT molecular complexity index is 350. The van der Waals surface area contributed by atoms with E-state index in [1.165, 1.54) is 0 Å². The first kappa shape index (κ1) is 13.4. The number of benzene rings is 1. The molecule has 1 aromatic carbocycles. The molecule has 90 valence electrons. The van der Waals surface area contributed by atoms with Crippen molar-refractivity contribution >= 4 is 11.8 Å². The Hall–Kier alpha value is -0.630. The monoisotopic (exact) mass is 238 g/mol. The van der Waals surface area contributed by atoms with Gasteiger partial charge in [-0.15, -0.1) is 11.8 Å². The highest BCUT2D eigenvalue weighted by atomic mass is 32.2. The zero-order chi connectivity index (χ0) is 12.3. The predicted molar refractivity (Wildman–Crippen MR) is 72.4 cm³/mol. The molecule has 16 heavy (non-hydrogen) atoms. The van der Waals surface area contributed by atoms with E-state index in [0.717, 1.165) is 16.2 Å². The molecule has 0 amide bonds. The molecule has 0 fully saturated rings. The maximum Gasteiger partial charge on any atom is 0.132 e. The molecule has 0 aliphatic heterocycles. The molecule has 0 aromatic heterocycles. The van der Waals surface area contributed by atoms with Crippen molar-refractivity contribution in [1.29, 1.82) is 0 Å². The molecule has 0 radical (unpaired) electrons. The molecule has 1 rings (SSSR count). The quantitative estimate of drug-likeness (QED) is 0.773.